The van der Waals surface area contributed by atoms with Crippen molar-refractivity contribution in [3.8, 4) is 0 Å². The van der Waals surface area contributed by atoms with Gasteiger partial charge in [0.1, 0.15) is 0 Å². The number of thiophene rings is 1. The number of benzene rings is 1. The fourth-order valence-electron chi connectivity index (χ4n) is 3.42. The van der Waals surface area contributed by atoms with Gasteiger partial charge >= 0.3 is 0 Å². The number of carbonyl (C=O) groups excluding carboxylic acids is 1. The Labute approximate surface area is 155 Å². The van der Waals surface area contributed by atoms with Crippen molar-refractivity contribution in [3.05, 3.63) is 57.8 Å². The lowest BCUT2D eigenvalue weighted by Crippen LogP contribution is -2.38. The second kappa shape index (κ2) is 9.16. The molecule has 134 valence electrons. The highest BCUT2D eigenvalue weighted by molar-refractivity contribution is 7.09. The molecule has 0 radical (unpaired) electrons. The number of nitrogens with one attached hydrogen (secondary N) is 1. The SMILES string of the molecule is CCCc1ccc(C(=O)NCC2CCN(Cc3cccs3)CC2)cc1. The number of hydrogen-bond acceptors (Lipinski definition) is 3. The molecule has 1 aromatic carbocycles. The monoisotopic (exact) mass is 356 g/mol. The summed E-state index contributed by atoms with van der Waals surface area (Å²) in [4.78, 5) is 16.3. The lowest BCUT2D eigenvalue weighted by molar-refractivity contribution is 0.0935. The maximum atomic E-state index is 12.3. The second-order valence-electron chi connectivity index (χ2n) is 6.96. The molecule has 3 rings (SSSR count). The van der Waals surface area contributed by atoms with Gasteiger partial charge in [-0.05, 0) is 67.4 Å². The highest BCUT2D eigenvalue weighted by Crippen LogP contribution is 2.20. The minimum atomic E-state index is 0.0593. The number of piperidine rings is 1. The van der Waals surface area contributed by atoms with E-state index in [1.807, 2.05) is 23.5 Å². The van der Waals surface area contributed by atoms with Crippen LogP contribution in [0, 0.1) is 5.92 Å². The van der Waals surface area contributed by atoms with Crippen molar-refractivity contribution in [2.75, 3.05) is 19.6 Å². The fourth-order valence-corrected chi connectivity index (χ4v) is 4.17. The molecule has 25 heavy (non-hydrogen) atoms. The van der Waals surface area contributed by atoms with Crippen molar-refractivity contribution in [3.63, 3.8) is 0 Å². The van der Waals surface area contributed by atoms with Crippen LogP contribution in [-0.2, 0) is 13.0 Å². The number of rotatable bonds is 7. The summed E-state index contributed by atoms with van der Waals surface area (Å²) in [6, 6.07) is 12.4. The minimum absolute atomic E-state index is 0.0593. The summed E-state index contributed by atoms with van der Waals surface area (Å²) < 4.78 is 0. The van der Waals surface area contributed by atoms with Gasteiger partial charge in [0.2, 0.25) is 0 Å². The smallest absolute Gasteiger partial charge is 0.251 e. The lowest BCUT2D eigenvalue weighted by atomic mass is 9.96. The largest absolute Gasteiger partial charge is 0.352 e. The average Bonchev–Trinajstić information content (AvgIpc) is 3.15. The molecule has 2 aromatic rings. The summed E-state index contributed by atoms with van der Waals surface area (Å²) in [6.07, 6.45) is 4.55. The topological polar surface area (TPSA) is 32.3 Å². The Hall–Kier alpha value is -1.65. The van der Waals surface area contributed by atoms with Crippen molar-refractivity contribution in [2.45, 2.75) is 39.2 Å². The van der Waals surface area contributed by atoms with Crippen LogP contribution in [0.25, 0.3) is 0 Å². The minimum Gasteiger partial charge on any atom is -0.352 e. The normalized spacial score (nSPS) is 16.0. The Morgan fingerprint density at radius 2 is 1.96 bits per heavy atom. The van der Waals surface area contributed by atoms with E-state index in [9.17, 15) is 4.79 Å². The summed E-state index contributed by atoms with van der Waals surface area (Å²) >= 11 is 1.83. The Morgan fingerprint density at radius 1 is 1.20 bits per heavy atom. The first kappa shape index (κ1) is 18.2. The van der Waals surface area contributed by atoms with Crippen molar-refractivity contribution < 1.29 is 4.79 Å². The number of nitrogens with zero attached hydrogens (tertiary/aromatic N) is 1. The zero-order chi connectivity index (χ0) is 17.5. The molecule has 0 aliphatic carbocycles. The molecule has 1 aromatic heterocycles. The highest BCUT2D eigenvalue weighted by atomic mass is 32.1. The van der Waals surface area contributed by atoms with Gasteiger partial charge in [0, 0.05) is 23.5 Å². The van der Waals surface area contributed by atoms with Crippen LogP contribution in [0.5, 0.6) is 0 Å². The molecule has 3 nitrogen and oxygen atoms in total. The van der Waals surface area contributed by atoms with E-state index in [0.717, 1.165) is 44.6 Å². The van der Waals surface area contributed by atoms with Gasteiger partial charge in [-0.3, -0.25) is 9.69 Å². The van der Waals surface area contributed by atoms with Crippen LogP contribution in [0.1, 0.15) is 47.0 Å². The molecular weight excluding hydrogens is 328 g/mol. The van der Waals surface area contributed by atoms with Crippen LogP contribution in [0.2, 0.25) is 0 Å². The molecule has 1 fully saturated rings. The molecule has 4 heteroatoms. The molecular formula is C21H28N2OS. The summed E-state index contributed by atoms with van der Waals surface area (Å²) in [7, 11) is 0. The van der Waals surface area contributed by atoms with Gasteiger partial charge in [0.25, 0.3) is 5.91 Å². The first-order valence-corrected chi connectivity index (χ1v) is 10.2. The number of likely N-dealkylation sites (tertiary alicyclic amines) is 1. The van der Waals surface area contributed by atoms with Crippen molar-refractivity contribution in [1.82, 2.24) is 10.2 Å². The van der Waals surface area contributed by atoms with Crippen LogP contribution < -0.4 is 5.32 Å². The maximum Gasteiger partial charge on any atom is 0.251 e. The fraction of sp³-hybridized carbons (Fsp3) is 0.476. The van der Waals surface area contributed by atoms with E-state index in [-0.39, 0.29) is 5.91 Å². The molecule has 0 unspecified atom stereocenters. The third-order valence-electron chi connectivity index (χ3n) is 4.97. The summed E-state index contributed by atoms with van der Waals surface area (Å²) in [5, 5.41) is 5.27. The molecule has 0 bridgehead atoms. The van der Waals surface area contributed by atoms with E-state index in [1.165, 1.54) is 23.3 Å². The second-order valence-corrected chi connectivity index (χ2v) is 7.99. The van der Waals surface area contributed by atoms with Crippen LogP contribution in [0.4, 0.5) is 0 Å². The zero-order valence-electron chi connectivity index (χ0n) is 15.0. The standard InChI is InChI=1S/C21H28N2OS/c1-2-4-17-6-8-19(9-7-17)21(24)22-15-18-10-12-23(13-11-18)16-20-5-3-14-25-20/h3,5-9,14,18H,2,4,10-13,15-16H2,1H3,(H,22,24). The van der Waals surface area contributed by atoms with Gasteiger partial charge in [-0.2, -0.15) is 0 Å². The van der Waals surface area contributed by atoms with Crippen molar-refractivity contribution in [1.29, 1.82) is 0 Å². The Kier molecular flexibility index (Phi) is 6.65. The Morgan fingerprint density at radius 3 is 2.60 bits per heavy atom. The third kappa shape index (κ3) is 5.41. The van der Waals surface area contributed by atoms with Gasteiger partial charge < -0.3 is 5.32 Å². The van der Waals surface area contributed by atoms with E-state index >= 15 is 0 Å². The van der Waals surface area contributed by atoms with Crippen molar-refractivity contribution in [2.24, 2.45) is 5.92 Å². The van der Waals surface area contributed by atoms with Gasteiger partial charge in [0.05, 0.1) is 0 Å². The molecule has 0 atom stereocenters. The van der Waals surface area contributed by atoms with Gasteiger partial charge in [-0.25, -0.2) is 0 Å². The Balaban J connectivity index is 1.39. The van der Waals surface area contributed by atoms with E-state index in [4.69, 9.17) is 0 Å². The average molecular weight is 357 g/mol. The molecule has 1 aliphatic rings. The Bertz CT molecular complexity index is 643. The lowest BCUT2D eigenvalue weighted by Gasteiger charge is -2.31. The van der Waals surface area contributed by atoms with Crippen LogP contribution in [-0.4, -0.2) is 30.4 Å². The molecule has 1 N–H and O–H groups in total. The van der Waals surface area contributed by atoms with E-state index in [0.29, 0.717) is 5.92 Å². The summed E-state index contributed by atoms with van der Waals surface area (Å²) in [5.74, 6) is 0.659. The number of carbonyl (C=O) groups is 1. The number of amides is 1. The maximum absolute atomic E-state index is 12.3. The predicted octanol–water partition coefficient (Wildman–Crippen LogP) is 4.34. The third-order valence-corrected chi connectivity index (χ3v) is 5.83. The molecule has 0 spiro atoms. The molecule has 1 amide bonds. The van der Waals surface area contributed by atoms with Crippen LogP contribution in [0.3, 0.4) is 0 Å². The molecule has 2 heterocycles. The highest BCUT2D eigenvalue weighted by Gasteiger charge is 2.20. The van der Waals surface area contributed by atoms with Crippen LogP contribution >= 0.6 is 11.3 Å². The van der Waals surface area contributed by atoms with Gasteiger partial charge in [-0.15, -0.1) is 11.3 Å². The van der Waals surface area contributed by atoms with Crippen molar-refractivity contribution >= 4 is 17.2 Å². The predicted molar refractivity (Wildman–Crippen MR) is 105 cm³/mol. The summed E-state index contributed by atoms with van der Waals surface area (Å²) in [5.41, 5.74) is 2.08. The zero-order valence-corrected chi connectivity index (χ0v) is 15.9. The van der Waals surface area contributed by atoms with Gasteiger partial charge in [0.15, 0.2) is 0 Å². The molecule has 1 saturated heterocycles. The molecule has 0 saturated carbocycles. The van der Waals surface area contributed by atoms with E-state index < -0.39 is 0 Å². The first-order chi connectivity index (χ1) is 12.2. The summed E-state index contributed by atoms with van der Waals surface area (Å²) in [6.45, 7) is 6.30. The first-order valence-electron chi connectivity index (χ1n) is 9.36. The van der Waals surface area contributed by atoms with Crippen LogP contribution in [0.15, 0.2) is 41.8 Å². The number of aryl methyl sites for hydroxylation is 1. The van der Waals surface area contributed by atoms with Gasteiger partial charge in [-0.1, -0.05) is 31.5 Å². The van der Waals surface area contributed by atoms with E-state index in [1.54, 1.807) is 0 Å². The van der Waals surface area contributed by atoms with E-state index in [2.05, 4.69) is 46.8 Å². The molecule has 1 aliphatic heterocycles. The number of hydrogen-bond donors (Lipinski definition) is 1. The quantitative estimate of drug-likeness (QED) is 0.800.